The Labute approximate surface area is 48.7 Å². The summed E-state index contributed by atoms with van der Waals surface area (Å²) in [6.45, 7) is 0.526. The molecule has 0 aromatic heterocycles. The van der Waals surface area contributed by atoms with Gasteiger partial charge in [0.2, 0.25) is 6.17 Å². The van der Waals surface area contributed by atoms with Crippen LogP contribution in [0.15, 0.2) is 0 Å². The molecule has 0 amide bonds. The molecule has 0 spiro atoms. The average molecular weight is 148 g/mol. The Bertz CT molecular complexity index is 83.4. The molecule has 0 aliphatic rings. The van der Waals surface area contributed by atoms with Crippen LogP contribution in [0.5, 0.6) is 0 Å². The third kappa shape index (κ3) is 2.62. The molecule has 0 aliphatic heterocycles. The van der Waals surface area contributed by atoms with Crippen molar-refractivity contribution in [3.63, 3.8) is 0 Å². The van der Waals surface area contributed by atoms with E-state index in [0.29, 0.717) is 6.92 Å². The molecule has 9 heavy (non-hydrogen) atoms. The largest absolute Gasteiger partial charge is 0.422 e. The van der Waals surface area contributed by atoms with Crippen molar-refractivity contribution in [1.82, 2.24) is 0 Å². The first kappa shape index (κ1) is 8.65. The first-order valence-corrected chi connectivity index (χ1v) is 2.20. The van der Waals surface area contributed by atoms with E-state index in [1.54, 1.807) is 0 Å². The molecule has 0 aliphatic carbocycles. The van der Waals surface area contributed by atoms with Crippen LogP contribution < -0.4 is 0 Å². The molecule has 0 aromatic carbocycles. The Balaban J connectivity index is 3.88. The first-order valence-electron chi connectivity index (χ1n) is 2.20. The molecule has 56 valence electrons. The van der Waals surface area contributed by atoms with E-state index >= 15 is 0 Å². The van der Waals surface area contributed by atoms with Crippen LogP contribution in [-0.4, -0.2) is 18.5 Å². The third-order valence-electron chi connectivity index (χ3n) is 0.716. The van der Waals surface area contributed by atoms with Gasteiger partial charge in [0.15, 0.2) is 0 Å². The zero-order valence-corrected chi connectivity index (χ0v) is 4.54. The predicted octanol–water partition coefficient (Wildman–Crippen LogP) is 2.24. The van der Waals surface area contributed by atoms with Gasteiger partial charge in [-0.05, 0) is 6.92 Å². The fraction of sp³-hybridized carbons (Fsp3) is 1.00. The van der Waals surface area contributed by atoms with Gasteiger partial charge in [0, 0.05) is 0 Å². The van der Waals surface area contributed by atoms with Gasteiger partial charge in [-0.25, -0.2) is 8.78 Å². The SMILES string of the molecule is C[C@H](F)[C@H](F)C(F)(F)F. The summed E-state index contributed by atoms with van der Waals surface area (Å²) in [5.74, 6) is 0. The minimum absolute atomic E-state index is 0.526. The second-order valence-corrected chi connectivity index (χ2v) is 1.62. The summed E-state index contributed by atoms with van der Waals surface area (Å²) in [7, 11) is 0. The lowest BCUT2D eigenvalue weighted by Crippen LogP contribution is -2.31. The van der Waals surface area contributed by atoms with Crippen molar-refractivity contribution in [1.29, 1.82) is 0 Å². The Morgan fingerprint density at radius 2 is 1.44 bits per heavy atom. The van der Waals surface area contributed by atoms with Gasteiger partial charge in [0.05, 0.1) is 0 Å². The summed E-state index contributed by atoms with van der Waals surface area (Å²) in [6, 6.07) is 0. The maximum atomic E-state index is 11.5. The smallest absolute Gasteiger partial charge is 0.244 e. The lowest BCUT2D eigenvalue weighted by Gasteiger charge is -2.11. The van der Waals surface area contributed by atoms with Crippen LogP contribution >= 0.6 is 0 Å². The van der Waals surface area contributed by atoms with E-state index in [-0.39, 0.29) is 0 Å². The van der Waals surface area contributed by atoms with Crippen LogP contribution in [0.3, 0.4) is 0 Å². The number of rotatable bonds is 1. The van der Waals surface area contributed by atoms with Crippen LogP contribution in [0, 0.1) is 0 Å². The quantitative estimate of drug-likeness (QED) is 0.500. The molecule has 0 unspecified atom stereocenters. The third-order valence-corrected chi connectivity index (χ3v) is 0.716. The minimum Gasteiger partial charge on any atom is -0.244 e. The molecule has 0 saturated heterocycles. The summed E-state index contributed by atoms with van der Waals surface area (Å²) in [4.78, 5) is 0. The fourth-order valence-electron chi connectivity index (χ4n) is 0.260. The molecule has 0 saturated carbocycles. The van der Waals surface area contributed by atoms with Crippen LogP contribution in [0.4, 0.5) is 22.0 Å². The van der Waals surface area contributed by atoms with Gasteiger partial charge in [-0.3, -0.25) is 0 Å². The van der Waals surface area contributed by atoms with Crippen molar-refractivity contribution in [2.45, 2.75) is 25.4 Å². The van der Waals surface area contributed by atoms with E-state index in [0.717, 1.165) is 0 Å². The summed E-state index contributed by atoms with van der Waals surface area (Å²) in [5, 5.41) is 0. The van der Waals surface area contributed by atoms with Gasteiger partial charge in [-0.15, -0.1) is 0 Å². The van der Waals surface area contributed by atoms with Gasteiger partial charge in [-0.2, -0.15) is 13.2 Å². The molecule has 0 N–H and O–H groups in total. The molecule has 0 aromatic rings. The van der Waals surface area contributed by atoms with Crippen LogP contribution in [0.25, 0.3) is 0 Å². The van der Waals surface area contributed by atoms with E-state index < -0.39 is 18.5 Å². The summed E-state index contributed by atoms with van der Waals surface area (Å²) >= 11 is 0. The molecule has 0 rings (SSSR count). The fourth-order valence-corrected chi connectivity index (χ4v) is 0.260. The van der Waals surface area contributed by atoms with Crippen molar-refractivity contribution in [2.75, 3.05) is 0 Å². The maximum absolute atomic E-state index is 11.5. The van der Waals surface area contributed by atoms with Crippen LogP contribution in [0.1, 0.15) is 6.92 Å². The normalized spacial score (nSPS) is 19.3. The van der Waals surface area contributed by atoms with Gasteiger partial charge in [-0.1, -0.05) is 0 Å². The standard InChI is InChI=1S/C4H5F5/c1-2(5)3(6)4(7,8)9/h2-3H,1H3/t2-,3-/m0/s1. The topological polar surface area (TPSA) is 0 Å². The molecule has 0 nitrogen and oxygen atoms in total. The van der Waals surface area contributed by atoms with Crippen molar-refractivity contribution in [2.24, 2.45) is 0 Å². The van der Waals surface area contributed by atoms with E-state index in [9.17, 15) is 22.0 Å². The molecular formula is C4H5F5. The van der Waals surface area contributed by atoms with E-state index in [1.165, 1.54) is 0 Å². The van der Waals surface area contributed by atoms with Gasteiger partial charge in [0.25, 0.3) is 0 Å². The van der Waals surface area contributed by atoms with Crippen LogP contribution in [0.2, 0.25) is 0 Å². The molecular weight excluding hydrogens is 143 g/mol. The zero-order chi connectivity index (χ0) is 7.65. The first-order chi connectivity index (χ1) is 3.85. The second kappa shape index (κ2) is 2.49. The maximum Gasteiger partial charge on any atom is 0.422 e. The summed E-state index contributed by atoms with van der Waals surface area (Å²) in [5.41, 5.74) is 0. The Kier molecular flexibility index (Phi) is 2.40. The molecule has 2 atom stereocenters. The molecule has 0 bridgehead atoms. The summed E-state index contributed by atoms with van der Waals surface area (Å²) < 4.78 is 56.3. The Morgan fingerprint density at radius 3 is 1.44 bits per heavy atom. The minimum atomic E-state index is -5.06. The highest BCUT2D eigenvalue weighted by molar-refractivity contribution is 4.70. The van der Waals surface area contributed by atoms with Crippen molar-refractivity contribution in [3.05, 3.63) is 0 Å². The lowest BCUT2D eigenvalue weighted by molar-refractivity contribution is -0.194. The highest BCUT2D eigenvalue weighted by atomic mass is 19.4. The Hall–Kier alpha value is -0.350. The van der Waals surface area contributed by atoms with Gasteiger partial charge in [0.1, 0.15) is 6.17 Å². The second-order valence-electron chi connectivity index (χ2n) is 1.62. The predicted molar refractivity (Wildman–Crippen MR) is 21.5 cm³/mol. The molecule has 0 radical (unpaired) electrons. The molecule has 0 heterocycles. The number of alkyl halides is 5. The average Bonchev–Trinajstić information content (AvgIpc) is 1.62. The van der Waals surface area contributed by atoms with E-state index in [4.69, 9.17) is 0 Å². The zero-order valence-electron chi connectivity index (χ0n) is 4.54. The number of halogens is 5. The summed E-state index contributed by atoms with van der Waals surface area (Å²) in [6.07, 6.45) is -10.9. The van der Waals surface area contributed by atoms with Gasteiger partial charge >= 0.3 is 6.18 Å². The highest BCUT2D eigenvalue weighted by Crippen LogP contribution is 2.26. The monoisotopic (exact) mass is 148 g/mol. The van der Waals surface area contributed by atoms with Crippen molar-refractivity contribution in [3.8, 4) is 0 Å². The number of hydrogen-bond donors (Lipinski definition) is 0. The highest BCUT2D eigenvalue weighted by Gasteiger charge is 2.43. The van der Waals surface area contributed by atoms with E-state index in [1.807, 2.05) is 0 Å². The molecule has 0 fully saturated rings. The Morgan fingerprint density at radius 1 is 1.11 bits per heavy atom. The van der Waals surface area contributed by atoms with Crippen molar-refractivity contribution >= 4 is 0 Å². The van der Waals surface area contributed by atoms with Gasteiger partial charge < -0.3 is 0 Å². The number of hydrogen-bond acceptors (Lipinski definition) is 0. The molecule has 5 heteroatoms. The lowest BCUT2D eigenvalue weighted by atomic mass is 10.3. The van der Waals surface area contributed by atoms with Crippen molar-refractivity contribution < 1.29 is 22.0 Å². The van der Waals surface area contributed by atoms with E-state index in [2.05, 4.69) is 0 Å². The van der Waals surface area contributed by atoms with Crippen LogP contribution in [-0.2, 0) is 0 Å².